The summed E-state index contributed by atoms with van der Waals surface area (Å²) in [7, 11) is 0. The summed E-state index contributed by atoms with van der Waals surface area (Å²) in [4.78, 5) is 14.0. The van der Waals surface area contributed by atoms with E-state index in [0.717, 1.165) is 19.6 Å². The third kappa shape index (κ3) is 3.61. The van der Waals surface area contributed by atoms with Crippen molar-refractivity contribution in [2.75, 3.05) is 19.6 Å². The normalized spacial score (nSPS) is 29.4. The summed E-state index contributed by atoms with van der Waals surface area (Å²) < 4.78 is 5.47. The minimum absolute atomic E-state index is 0.157. The highest BCUT2D eigenvalue weighted by Crippen LogP contribution is 2.27. The largest absolute Gasteiger partial charge is 0.444 e. The summed E-state index contributed by atoms with van der Waals surface area (Å²) in [5, 5.41) is 3.58. The van der Waals surface area contributed by atoms with Gasteiger partial charge in [0.25, 0.3) is 0 Å². The van der Waals surface area contributed by atoms with Gasteiger partial charge in [-0.1, -0.05) is 12.8 Å². The minimum Gasteiger partial charge on any atom is -0.444 e. The van der Waals surface area contributed by atoms with E-state index in [-0.39, 0.29) is 6.09 Å². The average Bonchev–Trinajstić information content (AvgIpc) is 2.48. The predicted molar refractivity (Wildman–Crippen MR) is 71.6 cm³/mol. The third-order valence-electron chi connectivity index (χ3n) is 3.80. The standard InChI is InChI=1S/C14H26N2O2/c1-14(2,3)18-13(17)16-9-8-15-12-7-5-4-6-11(12)10-16/h11-12,15H,4-10H2,1-3H3/t11-,12+/m0/s1. The molecule has 2 aliphatic rings. The van der Waals surface area contributed by atoms with Crippen molar-refractivity contribution in [3.05, 3.63) is 0 Å². The molecule has 4 nitrogen and oxygen atoms in total. The molecule has 2 atom stereocenters. The Morgan fingerprint density at radius 2 is 2.00 bits per heavy atom. The van der Waals surface area contributed by atoms with Gasteiger partial charge in [-0.3, -0.25) is 0 Å². The Labute approximate surface area is 110 Å². The lowest BCUT2D eigenvalue weighted by Crippen LogP contribution is -2.41. The zero-order chi connectivity index (χ0) is 13.2. The van der Waals surface area contributed by atoms with Gasteiger partial charge >= 0.3 is 6.09 Å². The molecule has 2 rings (SSSR count). The molecule has 1 saturated heterocycles. The number of nitrogens with zero attached hydrogens (tertiary/aromatic N) is 1. The number of carbonyl (C=O) groups is 1. The Kier molecular flexibility index (Phi) is 4.15. The van der Waals surface area contributed by atoms with E-state index < -0.39 is 5.60 Å². The topological polar surface area (TPSA) is 41.6 Å². The highest BCUT2D eigenvalue weighted by atomic mass is 16.6. The minimum atomic E-state index is -0.400. The Hall–Kier alpha value is -0.770. The van der Waals surface area contributed by atoms with Crippen LogP contribution >= 0.6 is 0 Å². The molecule has 0 unspecified atom stereocenters. The molecular weight excluding hydrogens is 228 g/mol. The lowest BCUT2D eigenvalue weighted by Gasteiger charge is -2.32. The van der Waals surface area contributed by atoms with Gasteiger partial charge < -0.3 is 15.0 Å². The van der Waals surface area contributed by atoms with Crippen LogP contribution in [0.1, 0.15) is 46.5 Å². The molecule has 1 saturated carbocycles. The van der Waals surface area contributed by atoms with Gasteiger partial charge in [-0.15, -0.1) is 0 Å². The van der Waals surface area contributed by atoms with E-state index in [4.69, 9.17) is 4.74 Å². The van der Waals surface area contributed by atoms with Crippen LogP contribution < -0.4 is 5.32 Å². The van der Waals surface area contributed by atoms with Crippen LogP contribution in [0.5, 0.6) is 0 Å². The van der Waals surface area contributed by atoms with Crippen molar-refractivity contribution in [1.82, 2.24) is 10.2 Å². The summed E-state index contributed by atoms with van der Waals surface area (Å²) in [6, 6.07) is 0.603. The fourth-order valence-electron chi connectivity index (χ4n) is 2.95. The van der Waals surface area contributed by atoms with Gasteiger partial charge in [0.2, 0.25) is 0 Å². The van der Waals surface area contributed by atoms with E-state index in [0.29, 0.717) is 12.0 Å². The van der Waals surface area contributed by atoms with Crippen molar-refractivity contribution in [3.8, 4) is 0 Å². The maximum absolute atomic E-state index is 12.1. The first-order chi connectivity index (χ1) is 8.46. The van der Waals surface area contributed by atoms with Gasteiger partial charge in [-0.05, 0) is 39.5 Å². The number of ether oxygens (including phenoxy) is 1. The molecule has 1 amide bonds. The summed E-state index contributed by atoms with van der Waals surface area (Å²) in [6.45, 7) is 8.27. The quantitative estimate of drug-likeness (QED) is 0.721. The van der Waals surface area contributed by atoms with Crippen molar-refractivity contribution < 1.29 is 9.53 Å². The zero-order valence-corrected chi connectivity index (χ0v) is 11.9. The van der Waals surface area contributed by atoms with Gasteiger partial charge in [0.1, 0.15) is 5.60 Å². The Morgan fingerprint density at radius 1 is 1.28 bits per heavy atom. The molecule has 104 valence electrons. The first kappa shape index (κ1) is 13.7. The number of hydrogen-bond donors (Lipinski definition) is 1. The molecule has 18 heavy (non-hydrogen) atoms. The molecule has 0 aromatic carbocycles. The van der Waals surface area contributed by atoms with E-state index in [2.05, 4.69) is 5.32 Å². The van der Waals surface area contributed by atoms with Crippen molar-refractivity contribution in [1.29, 1.82) is 0 Å². The fraction of sp³-hybridized carbons (Fsp3) is 0.929. The van der Waals surface area contributed by atoms with Crippen LogP contribution in [-0.2, 0) is 4.74 Å². The number of nitrogens with one attached hydrogen (secondary N) is 1. The van der Waals surface area contributed by atoms with Crippen LogP contribution in [0.3, 0.4) is 0 Å². The smallest absolute Gasteiger partial charge is 0.410 e. The average molecular weight is 254 g/mol. The van der Waals surface area contributed by atoms with E-state index in [1.54, 1.807) is 0 Å². The van der Waals surface area contributed by atoms with Crippen LogP contribution in [-0.4, -0.2) is 42.3 Å². The summed E-state index contributed by atoms with van der Waals surface area (Å²) in [5.41, 5.74) is -0.400. The molecule has 0 spiro atoms. The fourth-order valence-corrected chi connectivity index (χ4v) is 2.95. The molecule has 1 heterocycles. The zero-order valence-electron chi connectivity index (χ0n) is 11.9. The maximum atomic E-state index is 12.1. The molecule has 2 fully saturated rings. The predicted octanol–water partition coefficient (Wildman–Crippen LogP) is 2.39. The number of rotatable bonds is 0. The molecule has 0 bridgehead atoms. The maximum Gasteiger partial charge on any atom is 0.410 e. The highest BCUT2D eigenvalue weighted by Gasteiger charge is 2.32. The molecule has 4 heteroatoms. The SMILES string of the molecule is CC(C)(C)OC(=O)N1CCN[C@@H]2CCCC[C@H]2C1. The lowest BCUT2D eigenvalue weighted by molar-refractivity contribution is 0.0230. The molecule has 0 radical (unpaired) electrons. The van der Waals surface area contributed by atoms with Crippen molar-refractivity contribution in [2.24, 2.45) is 5.92 Å². The van der Waals surface area contributed by atoms with Gasteiger partial charge in [-0.25, -0.2) is 4.79 Å². The molecule has 1 aliphatic heterocycles. The Balaban J connectivity index is 1.95. The van der Waals surface area contributed by atoms with Crippen molar-refractivity contribution in [2.45, 2.75) is 58.1 Å². The number of hydrogen-bond acceptors (Lipinski definition) is 3. The van der Waals surface area contributed by atoms with Crippen LogP contribution in [0.25, 0.3) is 0 Å². The molecule has 1 N–H and O–H groups in total. The molecule has 1 aliphatic carbocycles. The summed E-state index contributed by atoms with van der Waals surface area (Å²) >= 11 is 0. The van der Waals surface area contributed by atoms with E-state index in [1.807, 2.05) is 25.7 Å². The number of carbonyl (C=O) groups excluding carboxylic acids is 1. The first-order valence-corrected chi connectivity index (χ1v) is 7.17. The lowest BCUT2D eigenvalue weighted by atomic mass is 9.84. The monoisotopic (exact) mass is 254 g/mol. The van der Waals surface area contributed by atoms with Gasteiger partial charge in [0.05, 0.1) is 0 Å². The van der Waals surface area contributed by atoms with Crippen molar-refractivity contribution in [3.63, 3.8) is 0 Å². The second-order valence-electron chi connectivity index (χ2n) is 6.53. The molecule has 0 aromatic rings. The number of fused-ring (bicyclic) bond motifs is 1. The van der Waals surface area contributed by atoms with E-state index in [1.165, 1.54) is 25.7 Å². The van der Waals surface area contributed by atoms with E-state index >= 15 is 0 Å². The second-order valence-corrected chi connectivity index (χ2v) is 6.53. The van der Waals surface area contributed by atoms with Crippen molar-refractivity contribution >= 4 is 6.09 Å². The summed E-state index contributed by atoms with van der Waals surface area (Å²) in [5.74, 6) is 0.605. The van der Waals surface area contributed by atoms with Gasteiger partial charge in [0.15, 0.2) is 0 Å². The van der Waals surface area contributed by atoms with Crippen LogP contribution in [0.15, 0.2) is 0 Å². The van der Waals surface area contributed by atoms with Crippen LogP contribution in [0.4, 0.5) is 4.79 Å². The molecule has 0 aromatic heterocycles. The molecular formula is C14H26N2O2. The Bertz CT molecular complexity index is 299. The van der Waals surface area contributed by atoms with Crippen LogP contribution in [0, 0.1) is 5.92 Å². The first-order valence-electron chi connectivity index (χ1n) is 7.17. The van der Waals surface area contributed by atoms with Gasteiger partial charge in [-0.2, -0.15) is 0 Å². The summed E-state index contributed by atoms with van der Waals surface area (Å²) in [6.07, 6.45) is 4.95. The van der Waals surface area contributed by atoms with Gasteiger partial charge in [0, 0.05) is 25.7 Å². The number of amides is 1. The van der Waals surface area contributed by atoms with Crippen LogP contribution in [0.2, 0.25) is 0 Å². The second kappa shape index (κ2) is 5.47. The third-order valence-corrected chi connectivity index (χ3v) is 3.80. The Morgan fingerprint density at radius 3 is 2.72 bits per heavy atom. The highest BCUT2D eigenvalue weighted by molar-refractivity contribution is 5.68. The van der Waals surface area contributed by atoms with E-state index in [9.17, 15) is 4.79 Å².